The normalized spacial score (nSPS) is 26.3. The summed E-state index contributed by atoms with van der Waals surface area (Å²) < 4.78 is 0. The highest BCUT2D eigenvalue weighted by molar-refractivity contribution is 5.91. The van der Waals surface area contributed by atoms with Crippen molar-refractivity contribution < 1.29 is 4.79 Å². The van der Waals surface area contributed by atoms with Crippen LogP contribution in [0.2, 0.25) is 0 Å². The van der Waals surface area contributed by atoms with E-state index in [4.69, 9.17) is 0 Å². The summed E-state index contributed by atoms with van der Waals surface area (Å²) in [5, 5.41) is 3.07. The zero-order valence-corrected chi connectivity index (χ0v) is 9.97. The fraction of sp³-hybridized carbons (Fsp3) is 0.267. The molecular formula is C15H14N2O. The van der Waals surface area contributed by atoms with E-state index >= 15 is 0 Å². The fourth-order valence-corrected chi connectivity index (χ4v) is 3.35. The van der Waals surface area contributed by atoms with Crippen LogP contribution in [0.15, 0.2) is 48.7 Å². The summed E-state index contributed by atoms with van der Waals surface area (Å²) in [6.45, 7) is 0. The summed E-state index contributed by atoms with van der Waals surface area (Å²) in [6.07, 6.45) is 9.71. The van der Waals surface area contributed by atoms with Crippen LogP contribution in [-0.4, -0.2) is 22.5 Å². The number of fused-ring (bicyclic) bond motifs is 3. The van der Waals surface area contributed by atoms with E-state index < -0.39 is 5.54 Å². The van der Waals surface area contributed by atoms with Crippen molar-refractivity contribution in [2.24, 2.45) is 0 Å². The minimum atomic E-state index is -0.407. The number of nitrogens with zero attached hydrogens (tertiary/aromatic N) is 1. The Bertz CT molecular complexity index is 563. The van der Waals surface area contributed by atoms with Gasteiger partial charge in [0.25, 0.3) is 0 Å². The zero-order chi connectivity index (χ0) is 12.2. The predicted octanol–water partition coefficient (Wildman–Crippen LogP) is 1.37. The van der Waals surface area contributed by atoms with E-state index in [9.17, 15) is 4.79 Å². The molecule has 3 heteroatoms. The first-order chi connectivity index (χ1) is 8.79. The van der Waals surface area contributed by atoms with Gasteiger partial charge < -0.3 is 10.2 Å². The molecule has 2 aliphatic heterocycles. The van der Waals surface area contributed by atoms with E-state index in [2.05, 4.69) is 22.3 Å². The lowest BCUT2D eigenvalue weighted by Gasteiger charge is -2.34. The van der Waals surface area contributed by atoms with E-state index in [1.165, 1.54) is 11.1 Å². The Morgan fingerprint density at radius 2 is 1.89 bits per heavy atom. The monoisotopic (exact) mass is 238 g/mol. The maximum absolute atomic E-state index is 12.4. The molecule has 1 saturated heterocycles. The van der Waals surface area contributed by atoms with Crippen molar-refractivity contribution in [3.8, 4) is 0 Å². The lowest BCUT2D eigenvalue weighted by molar-refractivity contribution is -0.125. The predicted molar refractivity (Wildman–Crippen MR) is 68.6 cm³/mol. The Labute approximate surface area is 106 Å². The molecule has 1 unspecified atom stereocenters. The Balaban J connectivity index is 1.80. The lowest BCUT2D eigenvalue weighted by Crippen LogP contribution is -2.49. The molecular weight excluding hydrogens is 224 g/mol. The molecule has 1 spiro atoms. The molecule has 3 aliphatic rings. The SMILES string of the molecule is O=C1NC2C=CC=CN2C12Cc1ccccc1C2. The summed E-state index contributed by atoms with van der Waals surface area (Å²) >= 11 is 0. The Hall–Kier alpha value is -2.03. The summed E-state index contributed by atoms with van der Waals surface area (Å²) in [6, 6.07) is 8.37. The lowest BCUT2D eigenvalue weighted by atomic mass is 9.94. The zero-order valence-electron chi connectivity index (χ0n) is 9.97. The molecule has 3 nitrogen and oxygen atoms in total. The molecule has 1 N–H and O–H groups in total. The summed E-state index contributed by atoms with van der Waals surface area (Å²) in [4.78, 5) is 14.6. The third-order valence-electron chi connectivity index (χ3n) is 4.23. The van der Waals surface area contributed by atoms with Crippen molar-refractivity contribution in [2.75, 3.05) is 0 Å². The number of allylic oxidation sites excluding steroid dienone is 2. The van der Waals surface area contributed by atoms with Gasteiger partial charge in [0.2, 0.25) is 5.91 Å². The number of rotatable bonds is 0. The minimum Gasteiger partial charge on any atom is -0.339 e. The second-order valence-electron chi connectivity index (χ2n) is 5.21. The highest BCUT2D eigenvalue weighted by Crippen LogP contribution is 2.39. The van der Waals surface area contributed by atoms with E-state index in [-0.39, 0.29) is 12.1 Å². The van der Waals surface area contributed by atoms with Crippen LogP contribution >= 0.6 is 0 Å². The minimum absolute atomic E-state index is 0.0248. The van der Waals surface area contributed by atoms with Gasteiger partial charge in [-0.05, 0) is 23.3 Å². The van der Waals surface area contributed by atoms with Gasteiger partial charge in [0.15, 0.2) is 0 Å². The van der Waals surface area contributed by atoms with Crippen LogP contribution < -0.4 is 5.32 Å². The molecule has 90 valence electrons. The first-order valence-electron chi connectivity index (χ1n) is 6.31. The summed E-state index contributed by atoms with van der Waals surface area (Å²) in [5.74, 6) is 0.153. The van der Waals surface area contributed by atoms with Crippen molar-refractivity contribution in [3.05, 3.63) is 59.8 Å². The number of carbonyl (C=O) groups excluding carboxylic acids is 1. The maximum Gasteiger partial charge on any atom is 0.248 e. The largest absolute Gasteiger partial charge is 0.339 e. The standard InChI is InChI=1S/C15H14N2O/c18-14-15(17-8-4-3-7-13(17)16-14)9-11-5-1-2-6-12(11)10-15/h1-8,13H,9-10H2,(H,16,18). The number of benzene rings is 1. The van der Waals surface area contributed by atoms with E-state index in [1.807, 2.05) is 36.6 Å². The number of nitrogens with one attached hydrogen (secondary N) is 1. The number of amides is 1. The average molecular weight is 238 g/mol. The van der Waals surface area contributed by atoms with Gasteiger partial charge in [-0.1, -0.05) is 30.3 Å². The van der Waals surface area contributed by atoms with Crippen LogP contribution in [0, 0.1) is 0 Å². The van der Waals surface area contributed by atoms with Crippen LogP contribution in [0.5, 0.6) is 0 Å². The van der Waals surface area contributed by atoms with Gasteiger partial charge in [-0.25, -0.2) is 0 Å². The quantitative estimate of drug-likeness (QED) is 0.740. The Kier molecular flexibility index (Phi) is 1.80. The first-order valence-corrected chi connectivity index (χ1v) is 6.31. The Morgan fingerprint density at radius 3 is 2.61 bits per heavy atom. The van der Waals surface area contributed by atoms with E-state index in [1.54, 1.807) is 0 Å². The number of hydrogen-bond donors (Lipinski definition) is 1. The molecule has 18 heavy (non-hydrogen) atoms. The third-order valence-corrected chi connectivity index (χ3v) is 4.23. The molecule has 1 aromatic carbocycles. The van der Waals surface area contributed by atoms with Crippen LogP contribution in [0.4, 0.5) is 0 Å². The molecule has 0 aromatic heterocycles. The molecule has 0 saturated carbocycles. The first kappa shape index (κ1) is 9.95. The van der Waals surface area contributed by atoms with E-state index in [0.29, 0.717) is 0 Å². The number of hydrogen-bond acceptors (Lipinski definition) is 2. The van der Waals surface area contributed by atoms with Crippen molar-refractivity contribution in [3.63, 3.8) is 0 Å². The van der Waals surface area contributed by atoms with Crippen molar-refractivity contribution in [1.82, 2.24) is 10.2 Å². The molecule has 0 bridgehead atoms. The summed E-state index contributed by atoms with van der Waals surface area (Å²) in [5.41, 5.74) is 2.20. The highest BCUT2D eigenvalue weighted by atomic mass is 16.2. The average Bonchev–Trinajstić information content (AvgIpc) is 2.90. The van der Waals surface area contributed by atoms with Crippen molar-refractivity contribution in [2.45, 2.75) is 24.5 Å². The summed E-state index contributed by atoms with van der Waals surface area (Å²) in [7, 11) is 0. The Morgan fingerprint density at radius 1 is 1.17 bits per heavy atom. The van der Waals surface area contributed by atoms with Crippen LogP contribution in [0.1, 0.15) is 11.1 Å². The van der Waals surface area contributed by atoms with Gasteiger partial charge in [-0.2, -0.15) is 0 Å². The number of carbonyl (C=O) groups is 1. The van der Waals surface area contributed by atoms with Gasteiger partial charge >= 0.3 is 0 Å². The second kappa shape index (κ2) is 3.25. The van der Waals surface area contributed by atoms with Crippen LogP contribution in [-0.2, 0) is 17.6 Å². The van der Waals surface area contributed by atoms with Crippen LogP contribution in [0.3, 0.4) is 0 Å². The van der Waals surface area contributed by atoms with Crippen molar-refractivity contribution >= 4 is 5.91 Å². The van der Waals surface area contributed by atoms with Gasteiger partial charge in [0.05, 0.1) is 0 Å². The second-order valence-corrected chi connectivity index (χ2v) is 5.21. The van der Waals surface area contributed by atoms with Gasteiger partial charge in [0.1, 0.15) is 11.7 Å². The van der Waals surface area contributed by atoms with Gasteiger partial charge in [-0.3, -0.25) is 4.79 Å². The molecule has 1 atom stereocenters. The molecule has 1 aromatic rings. The molecule has 1 fully saturated rings. The highest BCUT2D eigenvalue weighted by Gasteiger charge is 2.54. The maximum atomic E-state index is 12.4. The van der Waals surface area contributed by atoms with E-state index in [0.717, 1.165) is 12.8 Å². The van der Waals surface area contributed by atoms with Gasteiger partial charge in [-0.15, -0.1) is 0 Å². The molecule has 2 heterocycles. The topological polar surface area (TPSA) is 32.3 Å². The fourth-order valence-electron chi connectivity index (χ4n) is 3.35. The van der Waals surface area contributed by atoms with Gasteiger partial charge in [0, 0.05) is 19.0 Å². The molecule has 1 aliphatic carbocycles. The molecule has 0 radical (unpaired) electrons. The molecule has 1 amide bonds. The van der Waals surface area contributed by atoms with Crippen LogP contribution in [0.25, 0.3) is 0 Å². The smallest absolute Gasteiger partial charge is 0.248 e. The van der Waals surface area contributed by atoms with Crippen molar-refractivity contribution in [1.29, 1.82) is 0 Å². The molecule has 4 rings (SSSR count). The third kappa shape index (κ3) is 1.11.